The highest BCUT2D eigenvalue weighted by atomic mass is 79.9. The summed E-state index contributed by atoms with van der Waals surface area (Å²) in [6, 6.07) is 0. The van der Waals surface area contributed by atoms with E-state index in [0.29, 0.717) is 0 Å². The van der Waals surface area contributed by atoms with Crippen LogP contribution in [0.3, 0.4) is 0 Å². The lowest BCUT2D eigenvalue weighted by Crippen LogP contribution is -2.36. The van der Waals surface area contributed by atoms with Crippen molar-refractivity contribution in [2.24, 2.45) is 7.05 Å². The van der Waals surface area contributed by atoms with Gasteiger partial charge in [0.2, 0.25) is 0 Å². The van der Waals surface area contributed by atoms with Gasteiger partial charge in [-0.25, -0.2) is 0 Å². The Labute approximate surface area is 100 Å². The van der Waals surface area contributed by atoms with Gasteiger partial charge in [-0.05, 0) is 56.1 Å². The van der Waals surface area contributed by atoms with Crippen molar-refractivity contribution in [1.82, 2.24) is 15.1 Å². The Hall–Kier alpha value is -0.350. The maximum Gasteiger partial charge on any atom is 0.0635 e. The highest BCUT2D eigenvalue weighted by Gasteiger charge is 2.09. The van der Waals surface area contributed by atoms with Crippen LogP contribution in [0.15, 0.2) is 10.7 Å². The second-order valence-electron chi connectivity index (χ2n) is 4.84. The van der Waals surface area contributed by atoms with Crippen LogP contribution in [0.4, 0.5) is 0 Å². The molecule has 1 N–H and O–H groups in total. The van der Waals surface area contributed by atoms with E-state index in [0.717, 1.165) is 23.9 Å². The predicted octanol–water partition coefficient (Wildman–Crippen LogP) is 2.50. The van der Waals surface area contributed by atoms with E-state index in [1.807, 2.05) is 17.9 Å². The Kier molecular flexibility index (Phi) is 4.34. The van der Waals surface area contributed by atoms with Crippen molar-refractivity contribution in [2.45, 2.75) is 39.2 Å². The molecule has 0 saturated heterocycles. The molecule has 0 spiro atoms. The normalized spacial score (nSPS) is 12.1. The van der Waals surface area contributed by atoms with Crippen LogP contribution in [0.5, 0.6) is 0 Å². The highest BCUT2D eigenvalue weighted by molar-refractivity contribution is 9.10. The molecule has 3 nitrogen and oxygen atoms in total. The number of nitrogens with zero attached hydrogens (tertiary/aromatic N) is 2. The van der Waals surface area contributed by atoms with Gasteiger partial charge < -0.3 is 5.32 Å². The third kappa shape index (κ3) is 4.34. The van der Waals surface area contributed by atoms with Crippen molar-refractivity contribution in [3.8, 4) is 0 Å². The van der Waals surface area contributed by atoms with Crippen LogP contribution in [0.25, 0.3) is 0 Å². The topological polar surface area (TPSA) is 29.9 Å². The van der Waals surface area contributed by atoms with Gasteiger partial charge in [-0.3, -0.25) is 4.68 Å². The standard InChI is InChI=1S/C11H20BrN3/c1-11(2,3)13-7-5-6-10-9(12)8-14-15(10)4/h8,13H,5-7H2,1-4H3. The second kappa shape index (κ2) is 5.12. The average molecular weight is 274 g/mol. The van der Waals surface area contributed by atoms with E-state index in [9.17, 15) is 0 Å². The van der Waals surface area contributed by atoms with Crippen LogP contribution < -0.4 is 5.32 Å². The zero-order valence-corrected chi connectivity index (χ0v) is 11.6. The van der Waals surface area contributed by atoms with Gasteiger partial charge in [0.1, 0.15) is 0 Å². The fraction of sp³-hybridized carbons (Fsp3) is 0.727. The van der Waals surface area contributed by atoms with Crippen molar-refractivity contribution in [3.05, 3.63) is 16.4 Å². The first-order chi connectivity index (χ1) is 6.90. The molecule has 0 aliphatic heterocycles. The summed E-state index contributed by atoms with van der Waals surface area (Å²) in [5, 5.41) is 7.67. The number of hydrogen-bond donors (Lipinski definition) is 1. The SMILES string of the molecule is Cn1ncc(Br)c1CCCNC(C)(C)C. The van der Waals surface area contributed by atoms with Crippen LogP contribution in [-0.2, 0) is 13.5 Å². The Morgan fingerprint density at radius 2 is 2.13 bits per heavy atom. The van der Waals surface area contributed by atoms with E-state index in [4.69, 9.17) is 0 Å². The van der Waals surface area contributed by atoms with Gasteiger partial charge in [0.15, 0.2) is 0 Å². The van der Waals surface area contributed by atoms with Crippen molar-refractivity contribution in [1.29, 1.82) is 0 Å². The van der Waals surface area contributed by atoms with E-state index < -0.39 is 0 Å². The lowest BCUT2D eigenvalue weighted by molar-refractivity contribution is 0.421. The molecule has 0 radical (unpaired) electrons. The summed E-state index contributed by atoms with van der Waals surface area (Å²) in [6.45, 7) is 7.61. The van der Waals surface area contributed by atoms with Crippen LogP contribution in [-0.4, -0.2) is 21.9 Å². The first kappa shape index (κ1) is 12.7. The minimum atomic E-state index is 0.212. The summed E-state index contributed by atoms with van der Waals surface area (Å²) in [4.78, 5) is 0. The molecule has 1 heterocycles. The number of aryl methyl sites for hydroxylation is 1. The molecule has 0 bridgehead atoms. The van der Waals surface area contributed by atoms with E-state index in [1.54, 1.807) is 0 Å². The molecule has 0 fully saturated rings. The Balaban J connectivity index is 2.32. The highest BCUT2D eigenvalue weighted by Crippen LogP contribution is 2.16. The quantitative estimate of drug-likeness (QED) is 0.855. The van der Waals surface area contributed by atoms with Crippen molar-refractivity contribution in [3.63, 3.8) is 0 Å². The molecule has 1 aromatic rings. The number of halogens is 1. The van der Waals surface area contributed by atoms with Gasteiger partial charge in [-0.2, -0.15) is 5.10 Å². The number of rotatable bonds is 4. The lowest BCUT2D eigenvalue weighted by atomic mass is 10.1. The zero-order valence-electron chi connectivity index (χ0n) is 9.97. The van der Waals surface area contributed by atoms with Crippen LogP contribution in [0.1, 0.15) is 32.9 Å². The van der Waals surface area contributed by atoms with Crippen LogP contribution in [0.2, 0.25) is 0 Å². The Morgan fingerprint density at radius 1 is 1.47 bits per heavy atom. The fourth-order valence-electron chi connectivity index (χ4n) is 1.44. The monoisotopic (exact) mass is 273 g/mol. The molecule has 1 aromatic heterocycles. The molecule has 86 valence electrons. The first-order valence-corrected chi connectivity index (χ1v) is 6.11. The molecule has 0 aliphatic rings. The molecule has 15 heavy (non-hydrogen) atoms. The minimum Gasteiger partial charge on any atom is -0.312 e. The molecule has 4 heteroatoms. The maximum atomic E-state index is 4.19. The van der Waals surface area contributed by atoms with E-state index in [2.05, 4.69) is 47.1 Å². The van der Waals surface area contributed by atoms with Crippen molar-refractivity contribution >= 4 is 15.9 Å². The van der Waals surface area contributed by atoms with Gasteiger partial charge in [0.25, 0.3) is 0 Å². The van der Waals surface area contributed by atoms with Crippen molar-refractivity contribution in [2.75, 3.05) is 6.54 Å². The van der Waals surface area contributed by atoms with Crippen LogP contribution in [0, 0.1) is 0 Å². The Bertz CT molecular complexity index is 293. The smallest absolute Gasteiger partial charge is 0.0635 e. The van der Waals surface area contributed by atoms with Gasteiger partial charge in [-0.1, -0.05) is 0 Å². The molecule has 0 aromatic carbocycles. The van der Waals surface area contributed by atoms with E-state index in [1.165, 1.54) is 5.69 Å². The van der Waals surface area contributed by atoms with E-state index >= 15 is 0 Å². The second-order valence-corrected chi connectivity index (χ2v) is 5.70. The number of aromatic nitrogens is 2. The van der Waals surface area contributed by atoms with Gasteiger partial charge in [0.05, 0.1) is 16.4 Å². The third-order valence-electron chi connectivity index (χ3n) is 2.26. The molecule has 0 saturated carbocycles. The zero-order chi connectivity index (χ0) is 11.5. The molecule has 0 aliphatic carbocycles. The summed E-state index contributed by atoms with van der Waals surface area (Å²) in [7, 11) is 1.98. The summed E-state index contributed by atoms with van der Waals surface area (Å²) in [5.41, 5.74) is 1.48. The molecule has 0 atom stereocenters. The fourth-order valence-corrected chi connectivity index (χ4v) is 1.98. The molecule has 0 unspecified atom stereocenters. The summed E-state index contributed by atoms with van der Waals surface area (Å²) in [5.74, 6) is 0. The summed E-state index contributed by atoms with van der Waals surface area (Å²) >= 11 is 3.50. The maximum absolute atomic E-state index is 4.19. The molecular formula is C11H20BrN3. The van der Waals surface area contributed by atoms with Crippen LogP contribution >= 0.6 is 15.9 Å². The van der Waals surface area contributed by atoms with Crippen molar-refractivity contribution < 1.29 is 0 Å². The summed E-state index contributed by atoms with van der Waals surface area (Å²) < 4.78 is 3.04. The van der Waals surface area contributed by atoms with Gasteiger partial charge >= 0.3 is 0 Å². The predicted molar refractivity (Wildman–Crippen MR) is 67.0 cm³/mol. The Morgan fingerprint density at radius 3 is 2.60 bits per heavy atom. The lowest BCUT2D eigenvalue weighted by Gasteiger charge is -2.20. The molecular weight excluding hydrogens is 254 g/mol. The number of hydrogen-bond acceptors (Lipinski definition) is 2. The van der Waals surface area contributed by atoms with Gasteiger partial charge in [-0.15, -0.1) is 0 Å². The average Bonchev–Trinajstić information content (AvgIpc) is 2.40. The van der Waals surface area contributed by atoms with E-state index in [-0.39, 0.29) is 5.54 Å². The first-order valence-electron chi connectivity index (χ1n) is 5.31. The minimum absolute atomic E-state index is 0.212. The summed E-state index contributed by atoms with van der Waals surface area (Å²) in [6.07, 6.45) is 4.04. The largest absolute Gasteiger partial charge is 0.312 e. The molecule has 0 amide bonds. The number of nitrogens with one attached hydrogen (secondary N) is 1. The van der Waals surface area contributed by atoms with Gasteiger partial charge in [0, 0.05) is 12.6 Å². The molecule has 1 rings (SSSR count). The third-order valence-corrected chi connectivity index (χ3v) is 2.92.